The maximum Gasteiger partial charge on any atom is 0.287 e. The molecule has 0 spiro atoms. The summed E-state index contributed by atoms with van der Waals surface area (Å²) in [5.41, 5.74) is 6.78. The highest BCUT2D eigenvalue weighted by Gasteiger charge is 2.36. The molecule has 1 aromatic carbocycles. The first kappa shape index (κ1) is 19.2. The van der Waals surface area contributed by atoms with E-state index in [1.165, 1.54) is 0 Å². The van der Waals surface area contributed by atoms with E-state index < -0.39 is 0 Å². The molecule has 27 heavy (non-hydrogen) atoms. The Bertz CT molecular complexity index is 838. The molecule has 6 heteroatoms. The van der Waals surface area contributed by atoms with Gasteiger partial charge in [-0.15, -0.1) is 0 Å². The molecule has 0 saturated carbocycles. The number of hydrogen-bond acceptors (Lipinski definition) is 5. The average Bonchev–Trinajstić information content (AvgIpc) is 2.96. The van der Waals surface area contributed by atoms with Crippen molar-refractivity contribution in [3.05, 3.63) is 53.0 Å². The third-order valence-electron chi connectivity index (χ3n) is 4.69. The second kappa shape index (κ2) is 7.96. The maximum absolute atomic E-state index is 12.5. The van der Waals surface area contributed by atoms with Gasteiger partial charge in [-0.1, -0.05) is 32.0 Å². The molecule has 0 saturated heterocycles. The summed E-state index contributed by atoms with van der Waals surface area (Å²) in [6.45, 7) is 7.20. The molecule has 1 aliphatic rings. The number of nitrogens with zero attached hydrogens (tertiary/aromatic N) is 1. The fourth-order valence-corrected chi connectivity index (χ4v) is 3.42. The van der Waals surface area contributed by atoms with Crippen molar-refractivity contribution in [3.8, 4) is 0 Å². The van der Waals surface area contributed by atoms with Crippen LogP contribution in [0.4, 0.5) is 5.69 Å². The van der Waals surface area contributed by atoms with Gasteiger partial charge >= 0.3 is 0 Å². The zero-order valence-electron chi connectivity index (χ0n) is 16.4. The lowest BCUT2D eigenvalue weighted by Crippen LogP contribution is -2.28. The Balaban J connectivity index is 1.91. The first-order valence-corrected chi connectivity index (χ1v) is 9.18. The zero-order valence-corrected chi connectivity index (χ0v) is 16.4. The summed E-state index contributed by atoms with van der Waals surface area (Å²) in [5, 5.41) is 7.48. The highest BCUT2D eigenvalue weighted by molar-refractivity contribution is 6.07. The summed E-state index contributed by atoms with van der Waals surface area (Å²) >= 11 is 0. The van der Waals surface area contributed by atoms with Gasteiger partial charge in [0.05, 0.1) is 18.0 Å². The molecule has 0 atom stereocenters. The number of ether oxygens (including phenoxy) is 1. The predicted molar refractivity (Wildman–Crippen MR) is 106 cm³/mol. The highest BCUT2D eigenvalue weighted by atomic mass is 16.5. The summed E-state index contributed by atoms with van der Waals surface area (Å²) < 4.78 is 11.0. The van der Waals surface area contributed by atoms with Crippen LogP contribution in [0.5, 0.6) is 0 Å². The van der Waals surface area contributed by atoms with Crippen molar-refractivity contribution < 1.29 is 13.9 Å². The average molecular weight is 369 g/mol. The highest BCUT2D eigenvalue weighted by Crippen LogP contribution is 2.38. The number of fused-ring (bicyclic) bond motifs is 1. The van der Waals surface area contributed by atoms with E-state index in [0.29, 0.717) is 18.9 Å². The van der Waals surface area contributed by atoms with Gasteiger partial charge in [0.25, 0.3) is 5.91 Å². The Hall–Kier alpha value is -2.60. The number of methoxy groups -OCH3 is 1. The normalized spacial score (nSPS) is 16.8. The monoisotopic (exact) mass is 369 g/mol. The van der Waals surface area contributed by atoms with Crippen molar-refractivity contribution in [3.63, 3.8) is 0 Å². The topological polar surface area (TPSA) is 75.9 Å². The third kappa shape index (κ3) is 4.39. The van der Waals surface area contributed by atoms with Crippen LogP contribution in [0.1, 0.15) is 47.7 Å². The van der Waals surface area contributed by atoms with Gasteiger partial charge in [-0.3, -0.25) is 10.2 Å². The van der Waals surface area contributed by atoms with Crippen LogP contribution < -0.4 is 10.7 Å². The smallest absolute Gasteiger partial charge is 0.287 e. The van der Waals surface area contributed by atoms with Gasteiger partial charge in [0.1, 0.15) is 5.76 Å². The van der Waals surface area contributed by atoms with E-state index in [2.05, 4.69) is 29.7 Å². The molecular weight excluding hydrogens is 342 g/mol. The quantitative estimate of drug-likeness (QED) is 0.601. The molecule has 3 rings (SSSR count). The molecule has 2 aromatic rings. The van der Waals surface area contributed by atoms with Crippen molar-refractivity contribution in [2.75, 3.05) is 25.7 Å². The van der Waals surface area contributed by atoms with E-state index in [1.807, 2.05) is 37.3 Å². The van der Waals surface area contributed by atoms with Crippen molar-refractivity contribution in [2.45, 2.75) is 33.6 Å². The van der Waals surface area contributed by atoms with E-state index in [-0.39, 0.29) is 11.3 Å². The molecular formula is C21H27N3O3. The number of carbonyl (C=O) groups excluding carboxylic acids is 1. The molecule has 0 unspecified atom stereocenters. The number of amides is 1. The summed E-state index contributed by atoms with van der Waals surface area (Å²) in [4.78, 5) is 12.5. The van der Waals surface area contributed by atoms with Crippen LogP contribution in [-0.2, 0) is 11.2 Å². The minimum atomic E-state index is -0.216. The van der Waals surface area contributed by atoms with E-state index in [4.69, 9.17) is 9.15 Å². The summed E-state index contributed by atoms with van der Waals surface area (Å²) in [6, 6.07) is 9.83. The number of hydrogen-bond donors (Lipinski definition) is 2. The standard InChI is InChI=1S/C21H27N3O3/c1-14-18-16(24-23-15-8-6-5-7-9-15)12-21(2,3)13-17(18)27-19(14)20(25)22-10-11-26-4/h5-9,23H,10-13H2,1-4H3,(H,22,25)/b24-16-. The van der Waals surface area contributed by atoms with Gasteiger partial charge in [0.2, 0.25) is 0 Å². The van der Waals surface area contributed by atoms with Crippen LogP contribution in [0.15, 0.2) is 39.9 Å². The molecule has 1 amide bonds. The SMILES string of the molecule is COCCNC(=O)c1oc2c(c1C)/C(=N\Nc1ccccc1)CC(C)(C)C2. The van der Waals surface area contributed by atoms with Crippen LogP contribution in [-0.4, -0.2) is 31.9 Å². The van der Waals surface area contributed by atoms with Crippen LogP contribution in [0.2, 0.25) is 0 Å². The lowest BCUT2D eigenvalue weighted by atomic mass is 9.75. The van der Waals surface area contributed by atoms with E-state index in [0.717, 1.165) is 41.1 Å². The number of nitrogens with one attached hydrogen (secondary N) is 2. The number of para-hydroxylation sites is 1. The molecule has 0 fully saturated rings. The molecule has 0 bridgehead atoms. The summed E-state index contributed by atoms with van der Waals surface area (Å²) in [6.07, 6.45) is 1.59. The van der Waals surface area contributed by atoms with Crippen LogP contribution in [0.25, 0.3) is 0 Å². The van der Waals surface area contributed by atoms with Gasteiger partial charge < -0.3 is 14.5 Å². The Labute approximate surface area is 160 Å². The number of furan rings is 1. The number of rotatable bonds is 6. The van der Waals surface area contributed by atoms with Crippen molar-refractivity contribution >= 4 is 17.3 Å². The van der Waals surface area contributed by atoms with Gasteiger partial charge in [-0.25, -0.2) is 0 Å². The second-order valence-electron chi connectivity index (χ2n) is 7.66. The zero-order chi connectivity index (χ0) is 19.4. The first-order valence-electron chi connectivity index (χ1n) is 9.18. The lowest BCUT2D eigenvalue weighted by Gasteiger charge is -2.29. The van der Waals surface area contributed by atoms with Crippen molar-refractivity contribution in [2.24, 2.45) is 10.5 Å². The van der Waals surface area contributed by atoms with E-state index >= 15 is 0 Å². The van der Waals surface area contributed by atoms with Crippen LogP contribution in [0.3, 0.4) is 0 Å². The predicted octanol–water partition coefficient (Wildman–Crippen LogP) is 3.75. The largest absolute Gasteiger partial charge is 0.455 e. The van der Waals surface area contributed by atoms with Gasteiger partial charge in [-0.2, -0.15) is 5.10 Å². The van der Waals surface area contributed by atoms with E-state index in [1.54, 1.807) is 7.11 Å². The van der Waals surface area contributed by atoms with Crippen molar-refractivity contribution in [1.82, 2.24) is 5.32 Å². The molecule has 0 radical (unpaired) electrons. The second-order valence-corrected chi connectivity index (χ2v) is 7.66. The molecule has 1 aromatic heterocycles. The Morgan fingerprint density at radius 3 is 2.70 bits per heavy atom. The summed E-state index contributed by atoms with van der Waals surface area (Å²) in [5.74, 6) is 0.975. The fourth-order valence-electron chi connectivity index (χ4n) is 3.42. The minimum absolute atomic E-state index is 0.0122. The summed E-state index contributed by atoms with van der Waals surface area (Å²) in [7, 11) is 1.60. The molecule has 144 valence electrons. The first-order chi connectivity index (χ1) is 12.9. The van der Waals surface area contributed by atoms with E-state index in [9.17, 15) is 4.79 Å². The molecule has 0 aliphatic heterocycles. The number of carbonyl (C=O) groups is 1. The Kier molecular flexibility index (Phi) is 5.65. The molecule has 1 aliphatic carbocycles. The Morgan fingerprint density at radius 1 is 1.26 bits per heavy atom. The van der Waals surface area contributed by atoms with Gasteiger partial charge in [0, 0.05) is 31.2 Å². The number of hydrazone groups is 1. The van der Waals surface area contributed by atoms with Crippen LogP contribution in [0, 0.1) is 12.3 Å². The van der Waals surface area contributed by atoms with Crippen LogP contribution >= 0.6 is 0 Å². The molecule has 1 heterocycles. The Morgan fingerprint density at radius 2 is 2.00 bits per heavy atom. The molecule has 2 N–H and O–H groups in total. The van der Waals surface area contributed by atoms with Gasteiger partial charge in [0.15, 0.2) is 5.76 Å². The maximum atomic E-state index is 12.5. The third-order valence-corrected chi connectivity index (χ3v) is 4.69. The van der Waals surface area contributed by atoms with Gasteiger partial charge in [-0.05, 0) is 30.9 Å². The molecule has 6 nitrogen and oxygen atoms in total. The lowest BCUT2D eigenvalue weighted by molar-refractivity contribution is 0.0905. The minimum Gasteiger partial charge on any atom is -0.455 e. The number of benzene rings is 1. The van der Waals surface area contributed by atoms with Crippen molar-refractivity contribution in [1.29, 1.82) is 0 Å². The number of anilines is 1. The fraction of sp³-hybridized carbons (Fsp3) is 0.429.